The first kappa shape index (κ1) is 21.1. The number of aromatic nitrogens is 3. The lowest BCUT2D eigenvalue weighted by Crippen LogP contribution is -2.29. The van der Waals surface area contributed by atoms with Crippen molar-refractivity contribution in [2.24, 2.45) is 0 Å². The highest BCUT2D eigenvalue weighted by Gasteiger charge is 2.16. The van der Waals surface area contributed by atoms with E-state index in [9.17, 15) is 4.79 Å². The zero-order chi connectivity index (χ0) is 20.6. The molecular formula is C23H28N4OS. The Morgan fingerprint density at radius 1 is 1.03 bits per heavy atom. The van der Waals surface area contributed by atoms with E-state index in [2.05, 4.69) is 63.4 Å². The molecule has 1 amide bonds. The molecule has 5 nitrogen and oxygen atoms in total. The van der Waals surface area contributed by atoms with Gasteiger partial charge in [-0.1, -0.05) is 59.8 Å². The van der Waals surface area contributed by atoms with Gasteiger partial charge in [0, 0.05) is 29.5 Å². The minimum Gasteiger partial charge on any atom is -0.354 e. The first-order valence-corrected chi connectivity index (χ1v) is 11.0. The summed E-state index contributed by atoms with van der Waals surface area (Å²) >= 11 is 1.68. The second-order valence-electron chi connectivity index (χ2n) is 7.37. The highest BCUT2D eigenvalue weighted by Crippen LogP contribution is 2.28. The van der Waals surface area contributed by atoms with E-state index in [0.29, 0.717) is 6.42 Å². The highest BCUT2D eigenvalue weighted by molar-refractivity contribution is 7.99. The van der Waals surface area contributed by atoms with Gasteiger partial charge in [0.15, 0.2) is 11.0 Å². The number of nitrogens with zero attached hydrogens (tertiary/aromatic N) is 3. The van der Waals surface area contributed by atoms with Crippen LogP contribution in [0.25, 0.3) is 17.1 Å². The molecule has 1 heterocycles. The molecule has 0 spiro atoms. The molecule has 1 N–H and O–H groups in total. The first-order chi connectivity index (χ1) is 14.0. The fourth-order valence-electron chi connectivity index (χ4n) is 3.01. The fraction of sp³-hybridized carbons (Fsp3) is 0.348. The van der Waals surface area contributed by atoms with E-state index in [-0.39, 0.29) is 11.9 Å². The number of aryl methyl sites for hydroxylation is 1. The van der Waals surface area contributed by atoms with Crippen molar-refractivity contribution in [3.05, 3.63) is 60.2 Å². The molecular weight excluding hydrogens is 380 g/mol. The lowest BCUT2D eigenvalue weighted by molar-refractivity contribution is -0.121. The second-order valence-corrected chi connectivity index (χ2v) is 8.43. The van der Waals surface area contributed by atoms with Gasteiger partial charge in [-0.15, -0.1) is 10.2 Å². The van der Waals surface area contributed by atoms with Crippen LogP contribution in [0.4, 0.5) is 0 Å². The number of thioether (sulfide) groups is 1. The van der Waals surface area contributed by atoms with Crippen LogP contribution in [0, 0.1) is 6.92 Å². The van der Waals surface area contributed by atoms with Crippen LogP contribution in [0.3, 0.4) is 0 Å². The number of benzene rings is 2. The van der Waals surface area contributed by atoms with Crippen molar-refractivity contribution in [2.45, 2.75) is 51.2 Å². The standard InChI is InChI=1S/C23H28N4OS/c1-17(2)24-21(28)11-7-8-16-29-23-26-25-22(19-9-5-4-6-10-19)27(23)20-14-12-18(3)13-15-20/h4-6,9-10,12-15,17H,7-8,11,16H2,1-3H3,(H,24,28). The van der Waals surface area contributed by atoms with Gasteiger partial charge >= 0.3 is 0 Å². The summed E-state index contributed by atoms with van der Waals surface area (Å²) in [5.41, 5.74) is 3.31. The Balaban J connectivity index is 1.71. The predicted octanol–water partition coefficient (Wildman–Crippen LogP) is 5.03. The van der Waals surface area contributed by atoms with Gasteiger partial charge in [-0.25, -0.2) is 0 Å². The van der Waals surface area contributed by atoms with Crippen molar-refractivity contribution in [2.75, 3.05) is 5.75 Å². The Hall–Kier alpha value is -2.60. The number of hydrogen-bond donors (Lipinski definition) is 1. The Bertz CT molecular complexity index is 920. The topological polar surface area (TPSA) is 59.8 Å². The molecule has 0 radical (unpaired) electrons. The molecule has 1 aromatic heterocycles. The van der Waals surface area contributed by atoms with Crippen molar-refractivity contribution in [3.63, 3.8) is 0 Å². The highest BCUT2D eigenvalue weighted by atomic mass is 32.2. The predicted molar refractivity (Wildman–Crippen MR) is 119 cm³/mol. The molecule has 0 atom stereocenters. The minimum atomic E-state index is 0.124. The number of nitrogens with one attached hydrogen (secondary N) is 1. The largest absolute Gasteiger partial charge is 0.354 e. The van der Waals surface area contributed by atoms with Gasteiger partial charge in [-0.05, 0) is 45.7 Å². The van der Waals surface area contributed by atoms with Gasteiger partial charge in [0.25, 0.3) is 0 Å². The third-order valence-electron chi connectivity index (χ3n) is 4.44. The molecule has 29 heavy (non-hydrogen) atoms. The van der Waals surface area contributed by atoms with E-state index in [1.807, 2.05) is 32.0 Å². The van der Waals surface area contributed by atoms with Crippen LogP contribution in [-0.4, -0.2) is 32.5 Å². The average Bonchev–Trinajstić information content (AvgIpc) is 3.12. The summed E-state index contributed by atoms with van der Waals surface area (Å²) in [6.45, 7) is 6.05. The maximum Gasteiger partial charge on any atom is 0.220 e. The Kier molecular flexibility index (Phi) is 7.47. The quantitative estimate of drug-likeness (QED) is 0.398. The van der Waals surface area contributed by atoms with Gasteiger partial charge in [0.2, 0.25) is 5.91 Å². The van der Waals surface area contributed by atoms with Crippen LogP contribution in [0.5, 0.6) is 0 Å². The van der Waals surface area contributed by atoms with Crippen LogP contribution >= 0.6 is 11.8 Å². The maximum atomic E-state index is 11.8. The average molecular weight is 409 g/mol. The van der Waals surface area contributed by atoms with Gasteiger partial charge in [-0.2, -0.15) is 0 Å². The first-order valence-electron chi connectivity index (χ1n) is 10.0. The van der Waals surface area contributed by atoms with Crippen molar-refractivity contribution < 1.29 is 4.79 Å². The Morgan fingerprint density at radius 2 is 1.76 bits per heavy atom. The van der Waals surface area contributed by atoms with Crippen molar-refractivity contribution in [1.29, 1.82) is 0 Å². The number of unbranched alkanes of at least 4 members (excludes halogenated alkanes) is 1. The molecule has 0 saturated heterocycles. The minimum absolute atomic E-state index is 0.124. The summed E-state index contributed by atoms with van der Waals surface area (Å²) < 4.78 is 2.12. The number of hydrogen-bond acceptors (Lipinski definition) is 4. The molecule has 0 aliphatic rings. The summed E-state index contributed by atoms with van der Waals surface area (Å²) in [6, 6.07) is 18.7. The Morgan fingerprint density at radius 3 is 2.45 bits per heavy atom. The van der Waals surface area contributed by atoms with Gasteiger partial charge < -0.3 is 5.32 Å². The zero-order valence-corrected chi connectivity index (χ0v) is 18.1. The normalized spacial score (nSPS) is 11.0. The Labute approximate surface area is 176 Å². The van der Waals surface area contributed by atoms with Crippen LogP contribution in [0.15, 0.2) is 59.8 Å². The number of amides is 1. The molecule has 0 unspecified atom stereocenters. The maximum absolute atomic E-state index is 11.8. The van der Waals surface area contributed by atoms with E-state index in [1.165, 1.54) is 5.56 Å². The molecule has 3 rings (SSSR count). The van der Waals surface area contributed by atoms with E-state index in [4.69, 9.17) is 0 Å². The van der Waals surface area contributed by atoms with Crippen LogP contribution < -0.4 is 5.32 Å². The lowest BCUT2D eigenvalue weighted by Gasteiger charge is -2.11. The van der Waals surface area contributed by atoms with Crippen molar-refractivity contribution in [1.82, 2.24) is 20.1 Å². The third kappa shape index (κ3) is 5.94. The summed E-state index contributed by atoms with van der Waals surface area (Å²) in [5.74, 6) is 1.86. The SMILES string of the molecule is Cc1ccc(-n2c(SCCCCC(=O)NC(C)C)nnc2-c2ccccc2)cc1. The summed E-state index contributed by atoms with van der Waals surface area (Å²) in [4.78, 5) is 11.8. The molecule has 3 aromatic rings. The van der Waals surface area contributed by atoms with Gasteiger partial charge in [0.1, 0.15) is 0 Å². The third-order valence-corrected chi connectivity index (χ3v) is 5.45. The van der Waals surface area contributed by atoms with E-state index in [1.54, 1.807) is 11.8 Å². The van der Waals surface area contributed by atoms with E-state index in [0.717, 1.165) is 40.8 Å². The second kappa shape index (κ2) is 10.3. The van der Waals surface area contributed by atoms with Crippen LogP contribution in [0.1, 0.15) is 38.7 Å². The van der Waals surface area contributed by atoms with Crippen LogP contribution in [0.2, 0.25) is 0 Å². The van der Waals surface area contributed by atoms with E-state index < -0.39 is 0 Å². The molecule has 2 aromatic carbocycles. The molecule has 0 aliphatic heterocycles. The summed E-state index contributed by atoms with van der Waals surface area (Å²) in [6.07, 6.45) is 2.39. The lowest BCUT2D eigenvalue weighted by atomic mass is 10.2. The molecule has 0 fully saturated rings. The molecule has 0 aliphatic carbocycles. The van der Waals surface area contributed by atoms with Crippen molar-refractivity contribution >= 4 is 17.7 Å². The van der Waals surface area contributed by atoms with Gasteiger partial charge in [-0.3, -0.25) is 9.36 Å². The molecule has 0 bridgehead atoms. The van der Waals surface area contributed by atoms with Crippen LogP contribution in [-0.2, 0) is 4.79 Å². The van der Waals surface area contributed by atoms with Crippen molar-refractivity contribution in [3.8, 4) is 17.1 Å². The number of rotatable bonds is 9. The zero-order valence-electron chi connectivity index (χ0n) is 17.3. The van der Waals surface area contributed by atoms with Gasteiger partial charge in [0.05, 0.1) is 0 Å². The molecule has 152 valence electrons. The van der Waals surface area contributed by atoms with E-state index >= 15 is 0 Å². The monoisotopic (exact) mass is 408 g/mol. The molecule has 0 saturated carbocycles. The molecule has 6 heteroatoms. The fourth-order valence-corrected chi connectivity index (χ4v) is 3.96. The number of carbonyl (C=O) groups excluding carboxylic acids is 1. The number of carbonyl (C=O) groups is 1. The summed E-state index contributed by atoms with van der Waals surface area (Å²) in [5, 5.41) is 12.7. The summed E-state index contributed by atoms with van der Waals surface area (Å²) in [7, 11) is 0. The smallest absolute Gasteiger partial charge is 0.220 e.